The normalized spacial score (nSPS) is 11.4. The zero-order valence-corrected chi connectivity index (χ0v) is 25.1. The van der Waals surface area contributed by atoms with Crippen LogP contribution in [0, 0.1) is 6.57 Å². The Kier molecular flexibility index (Phi) is 6.12. The van der Waals surface area contributed by atoms with Gasteiger partial charge in [-0.05, 0) is 44.8 Å². The maximum absolute atomic E-state index is 7.99. The highest BCUT2D eigenvalue weighted by Gasteiger charge is 2.20. The topological polar surface area (TPSA) is 56.2 Å². The van der Waals surface area contributed by atoms with Crippen molar-refractivity contribution in [2.24, 2.45) is 0 Å². The lowest BCUT2D eigenvalue weighted by Gasteiger charge is -2.15. The SMILES string of the molecule is [C-]#[N+]c1ccc2ccccc2c1-c1cccc2c(-c3nc(-c4ccccc4)nc(-c4cccc5oc6ccccc6c45)n3)cccc12. The van der Waals surface area contributed by atoms with Crippen LogP contribution in [0.15, 0.2) is 150 Å². The molecule has 5 nitrogen and oxygen atoms in total. The predicted molar refractivity (Wildman–Crippen MR) is 190 cm³/mol. The highest BCUT2D eigenvalue weighted by atomic mass is 16.3. The van der Waals surface area contributed by atoms with E-state index in [0.717, 1.165) is 71.3 Å². The molecule has 0 saturated heterocycles. The molecular formula is C42H24N4O. The Hall–Kier alpha value is -6.64. The molecule has 0 atom stereocenters. The fourth-order valence-corrected chi connectivity index (χ4v) is 6.65. The van der Waals surface area contributed by atoms with E-state index < -0.39 is 0 Å². The first-order valence-electron chi connectivity index (χ1n) is 15.4. The molecule has 0 spiro atoms. The van der Waals surface area contributed by atoms with Crippen molar-refractivity contribution in [3.8, 4) is 45.3 Å². The lowest BCUT2D eigenvalue weighted by molar-refractivity contribution is 0.669. The van der Waals surface area contributed by atoms with Gasteiger partial charge < -0.3 is 4.42 Å². The summed E-state index contributed by atoms with van der Waals surface area (Å²) in [6.45, 7) is 7.99. The molecule has 7 aromatic carbocycles. The Labute approximate surface area is 270 Å². The number of rotatable bonds is 4. The van der Waals surface area contributed by atoms with Gasteiger partial charge in [-0.15, -0.1) is 0 Å². The molecule has 9 rings (SSSR count). The summed E-state index contributed by atoms with van der Waals surface area (Å²) in [6.07, 6.45) is 0. The van der Waals surface area contributed by atoms with Gasteiger partial charge in [0.15, 0.2) is 23.2 Å². The summed E-state index contributed by atoms with van der Waals surface area (Å²) in [4.78, 5) is 19.2. The van der Waals surface area contributed by atoms with E-state index in [1.54, 1.807) is 0 Å². The van der Waals surface area contributed by atoms with E-state index in [1.165, 1.54) is 0 Å². The van der Waals surface area contributed by atoms with Crippen molar-refractivity contribution in [2.45, 2.75) is 0 Å². The van der Waals surface area contributed by atoms with Crippen LogP contribution >= 0.6 is 0 Å². The zero-order valence-electron chi connectivity index (χ0n) is 25.1. The summed E-state index contributed by atoms with van der Waals surface area (Å²) in [6, 6.07) is 48.7. The van der Waals surface area contributed by atoms with Crippen molar-refractivity contribution in [2.75, 3.05) is 0 Å². The summed E-state index contributed by atoms with van der Waals surface area (Å²) in [5.41, 5.74) is 6.83. The summed E-state index contributed by atoms with van der Waals surface area (Å²) >= 11 is 0. The molecule has 0 aliphatic carbocycles. The Morgan fingerprint density at radius 3 is 1.87 bits per heavy atom. The quantitative estimate of drug-likeness (QED) is 0.189. The van der Waals surface area contributed by atoms with E-state index in [9.17, 15) is 0 Å². The van der Waals surface area contributed by atoms with E-state index in [-0.39, 0.29) is 0 Å². The maximum Gasteiger partial charge on any atom is 0.195 e. The van der Waals surface area contributed by atoms with E-state index >= 15 is 0 Å². The highest BCUT2D eigenvalue weighted by molar-refractivity contribution is 6.13. The minimum absolute atomic E-state index is 0.573. The van der Waals surface area contributed by atoms with Gasteiger partial charge in [0.1, 0.15) is 11.2 Å². The molecule has 0 amide bonds. The lowest BCUT2D eigenvalue weighted by Crippen LogP contribution is -2.01. The number of hydrogen-bond acceptors (Lipinski definition) is 4. The molecule has 0 bridgehead atoms. The second kappa shape index (κ2) is 10.8. The molecule has 9 aromatic rings. The van der Waals surface area contributed by atoms with Crippen LogP contribution in [0.25, 0.3) is 93.6 Å². The Bertz CT molecular complexity index is 2700. The number of nitrogens with zero attached hydrogens (tertiary/aromatic N) is 4. The first kappa shape index (κ1) is 26.7. The van der Waals surface area contributed by atoms with Gasteiger partial charge in [-0.1, -0.05) is 133 Å². The number of benzene rings is 7. The van der Waals surface area contributed by atoms with E-state index in [2.05, 4.69) is 53.4 Å². The third-order valence-electron chi connectivity index (χ3n) is 8.77. The first-order chi connectivity index (χ1) is 23.3. The van der Waals surface area contributed by atoms with Crippen LogP contribution in [0.4, 0.5) is 5.69 Å². The van der Waals surface area contributed by atoms with Gasteiger partial charge in [0, 0.05) is 27.5 Å². The smallest absolute Gasteiger partial charge is 0.195 e. The van der Waals surface area contributed by atoms with Gasteiger partial charge in [0.2, 0.25) is 0 Å². The highest BCUT2D eigenvalue weighted by Crippen LogP contribution is 2.43. The molecule has 2 heterocycles. The van der Waals surface area contributed by atoms with Gasteiger partial charge >= 0.3 is 0 Å². The molecule has 218 valence electrons. The average Bonchev–Trinajstić information content (AvgIpc) is 3.53. The second-order valence-corrected chi connectivity index (χ2v) is 11.4. The summed E-state index contributed by atoms with van der Waals surface area (Å²) in [5.74, 6) is 1.74. The largest absolute Gasteiger partial charge is 0.456 e. The summed E-state index contributed by atoms with van der Waals surface area (Å²) in [5, 5.41) is 6.16. The molecule has 0 fully saturated rings. The van der Waals surface area contributed by atoms with Crippen molar-refractivity contribution in [1.82, 2.24) is 15.0 Å². The molecule has 0 N–H and O–H groups in total. The summed E-state index contributed by atoms with van der Waals surface area (Å²) < 4.78 is 6.21. The van der Waals surface area contributed by atoms with Crippen LogP contribution in [0.3, 0.4) is 0 Å². The number of fused-ring (bicyclic) bond motifs is 5. The number of hydrogen-bond donors (Lipinski definition) is 0. The molecule has 0 aliphatic heterocycles. The molecular weight excluding hydrogens is 576 g/mol. The Morgan fingerprint density at radius 1 is 0.447 bits per heavy atom. The molecule has 0 unspecified atom stereocenters. The van der Waals surface area contributed by atoms with Crippen molar-refractivity contribution in [1.29, 1.82) is 0 Å². The third kappa shape index (κ3) is 4.35. The molecule has 0 aliphatic rings. The summed E-state index contributed by atoms with van der Waals surface area (Å²) in [7, 11) is 0. The van der Waals surface area contributed by atoms with Crippen LogP contribution in [0.1, 0.15) is 0 Å². The minimum Gasteiger partial charge on any atom is -0.456 e. The van der Waals surface area contributed by atoms with Crippen LogP contribution in [-0.4, -0.2) is 15.0 Å². The third-order valence-corrected chi connectivity index (χ3v) is 8.77. The predicted octanol–water partition coefficient (Wildman–Crippen LogP) is 11.3. The van der Waals surface area contributed by atoms with Gasteiger partial charge in [0.05, 0.1) is 6.57 Å². The zero-order chi connectivity index (χ0) is 31.3. The van der Waals surface area contributed by atoms with Gasteiger partial charge in [-0.2, -0.15) is 0 Å². The van der Waals surface area contributed by atoms with Crippen LogP contribution in [0.2, 0.25) is 0 Å². The van der Waals surface area contributed by atoms with Crippen LogP contribution in [0.5, 0.6) is 0 Å². The molecule has 0 saturated carbocycles. The number of aromatic nitrogens is 3. The molecule has 0 radical (unpaired) electrons. The molecule has 47 heavy (non-hydrogen) atoms. The molecule has 5 heteroatoms. The van der Waals surface area contributed by atoms with Crippen molar-refractivity contribution < 1.29 is 4.42 Å². The average molecular weight is 601 g/mol. The first-order valence-corrected chi connectivity index (χ1v) is 15.4. The fraction of sp³-hybridized carbons (Fsp3) is 0. The van der Waals surface area contributed by atoms with Gasteiger partial charge in [-0.3, -0.25) is 0 Å². The fourth-order valence-electron chi connectivity index (χ4n) is 6.65. The standard InChI is InChI=1S/C42H24N4O/c1-43-35-25-24-26-12-5-6-15-28(26)38(35)31-19-9-18-30-29(31)17-10-20-32(30)41-44-40(27-13-3-2-4-14-27)45-42(46-41)34-21-11-23-37-39(34)33-16-7-8-22-36(33)47-37/h2-25H. The van der Waals surface area contributed by atoms with E-state index in [1.807, 2.05) is 97.1 Å². The van der Waals surface area contributed by atoms with Crippen LogP contribution in [-0.2, 0) is 0 Å². The lowest BCUT2D eigenvalue weighted by atomic mass is 9.91. The Balaban J connectivity index is 1.32. The van der Waals surface area contributed by atoms with Gasteiger partial charge in [0.25, 0.3) is 0 Å². The number of para-hydroxylation sites is 1. The minimum atomic E-state index is 0.573. The van der Waals surface area contributed by atoms with Crippen molar-refractivity contribution in [3.05, 3.63) is 157 Å². The number of furan rings is 1. The molecule has 2 aromatic heterocycles. The second-order valence-electron chi connectivity index (χ2n) is 11.4. The van der Waals surface area contributed by atoms with Gasteiger partial charge in [-0.25, -0.2) is 19.8 Å². The van der Waals surface area contributed by atoms with Crippen molar-refractivity contribution in [3.63, 3.8) is 0 Å². The Morgan fingerprint density at radius 2 is 1.04 bits per heavy atom. The van der Waals surface area contributed by atoms with E-state index in [4.69, 9.17) is 25.9 Å². The van der Waals surface area contributed by atoms with Crippen LogP contribution < -0.4 is 0 Å². The monoisotopic (exact) mass is 600 g/mol. The van der Waals surface area contributed by atoms with Crippen molar-refractivity contribution >= 4 is 49.2 Å². The maximum atomic E-state index is 7.99. The van der Waals surface area contributed by atoms with E-state index in [0.29, 0.717) is 23.2 Å².